The lowest BCUT2D eigenvalue weighted by Gasteiger charge is -2.06. The molecule has 0 radical (unpaired) electrons. The third-order valence-corrected chi connectivity index (χ3v) is 3.78. The molecule has 1 amide bonds. The molecular formula is C13H20N2O4S. The van der Waals surface area contributed by atoms with E-state index >= 15 is 0 Å². The van der Waals surface area contributed by atoms with Gasteiger partial charge in [-0.25, -0.2) is 4.79 Å². The normalized spacial score (nSPS) is 10.5. The first-order chi connectivity index (χ1) is 9.54. The minimum atomic E-state index is -0.901. The molecule has 3 N–H and O–H groups in total. The van der Waals surface area contributed by atoms with E-state index in [9.17, 15) is 9.59 Å². The molecule has 0 spiro atoms. The molecule has 1 rings (SSSR count). The minimum absolute atomic E-state index is 0.0252. The summed E-state index contributed by atoms with van der Waals surface area (Å²) in [5, 5.41) is 14.8. The number of amides is 1. The van der Waals surface area contributed by atoms with Crippen LogP contribution in [0.5, 0.6) is 0 Å². The molecular weight excluding hydrogens is 280 g/mol. The summed E-state index contributed by atoms with van der Waals surface area (Å²) in [7, 11) is 1.59. The summed E-state index contributed by atoms with van der Waals surface area (Å²) < 4.78 is 4.83. The molecule has 6 nitrogen and oxygen atoms in total. The summed E-state index contributed by atoms with van der Waals surface area (Å²) in [6, 6.07) is 1.67. The second kappa shape index (κ2) is 8.68. The molecule has 20 heavy (non-hydrogen) atoms. The van der Waals surface area contributed by atoms with Gasteiger partial charge >= 0.3 is 5.97 Å². The largest absolute Gasteiger partial charge is 0.477 e. The maximum Gasteiger partial charge on any atom is 0.345 e. The Balaban J connectivity index is 2.24. The molecule has 0 unspecified atom stereocenters. The van der Waals surface area contributed by atoms with Crippen LogP contribution in [0.1, 0.15) is 26.5 Å². The van der Waals surface area contributed by atoms with Crippen LogP contribution >= 0.6 is 11.3 Å². The van der Waals surface area contributed by atoms with Crippen molar-refractivity contribution >= 4 is 23.2 Å². The average Bonchev–Trinajstić information content (AvgIpc) is 2.77. The van der Waals surface area contributed by atoms with E-state index in [0.29, 0.717) is 37.5 Å². The highest BCUT2D eigenvalue weighted by Gasteiger charge is 2.10. The summed E-state index contributed by atoms with van der Waals surface area (Å²) >= 11 is 1.27. The Morgan fingerprint density at radius 2 is 2.15 bits per heavy atom. The van der Waals surface area contributed by atoms with Crippen LogP contribution in [-0.2, 0) is 16.1 Å². The van der Waals surface area contributed by atoms with Gasteiger partial charge in [0.15, 0.2) is 0 Å². The molecule has 7 heteroatoms. The molecule has 0 aliphatic carbocycles. The second-order valence-electron chi connectivity index (χ2n) is 4.27. The number of carbonyl (C=O) groups is 2. The van der Waals surface area contributed by atoms with Gasteiger partial charge in [0, 0.05) is 38.0 Å². The molecule has 0 saturated carbocycles. The summed E-state index contributed by atoms with van der Waals surface area (Å²) in [4.78, 5) is 23.6. The maximum absolute atomic E-state index is 11.4. The predicted molar refractivity (Wildman–Crippen MR) is 77.2 cm³/mol. The monoisotopic (exact) mass is 300 g/mol. The Kier molecular flexibility index (Phi) is 7.21. The molecule has 112 valence electrons. The SMILES string of the molecule is COCCNC(=O)CCNCc1cc(C(=O)O)sc1C. The number of thiophene rings is 1. The van der Waals surface area contributed by atoms with Crippen molar-refractivity contribution in [2.45, 2.75) is 19.9 Å². The molecule has 0 aliphatic heterocycles. The van der Waals surface area contributed by atoms with Crippen molar-refractivity contribution in [2.75, 3.05) is 26.8 Å². The van der Waals surface area contributed by atoms with Crippen LogP contribution in [0.4, 0.5) is 0 Å². The van der Waals surface area contributed by atoms with Crippen LogP contribution < -0.4 is 10.6 Å². The summed E-state index contributed by atoms with van der Waals surface area (Å²) in [5.41, 5.74) is 0.965. The Labute approximate surface area is 122 Å². The lowest BCUT2D eigenvalue weighted by Crippen LogP contribution is -2.29. The van der Waals surface area contributed by atoms with Gasteiger partial charge in [-0.2, -0.15) is 0 Å². The van der Waals surface area contributed by atoms with E-state index in [1.54, 1.807) is 13.2 Å². The first kappa shape index (κ1) is 16.6. The first-order valence-corrected chi connectivity index (χ1v) is 7.15. The van der Waals surface area contributed by atoms with Crippen molar-refractivity contribution in [3.8, 4) is 0 Å². The molecule has 0 saturated heterocycles. The van der Waals surface area contributed by atoms with E-state index < -0.39 is 5.97 Å². The van der Waals surface area contributed by atoms with Gasteiger partial charge in [0.1, 0.15) is 4.88 Å². The van der Waals surface area contributed by atoms with Gasteiger partial charge in [0.05, 0.1) is 6.61 Å². The Hall–Kier alpha value is -1.44. The fraction of sp³-hybridized carbons (Fsp3) is 0.538. The standard InChI is InChI=1S/C13H20N2O4S/c1-9-10(7-11(20-9)13(17)18)8-14-4-3-12(16)15-5-6-19-2/h7,14H,3-6,8H2,1-2H3,(H,15,16)(H,17,18). The van der Waals surface area contributed by atoms with Gasteiger partial charge in [0.25, 0.3) is 0 Å². The lowest BCUT2D eigenvalue weighted by molar-refractivity contribution is -0.121. The Morgan fingerprint density at radius 3 is 2.75 bits per heavy atom. The first-order valence-electron chi connectivity index (χ1n) is 6.33. The van der Waals surface area contributed by atoms with Gasteiger partial charge in [0.2, 0.25) is 5.91 Å². The number of ether oxygens (including phenoxy) is 1. The Morgan fingerprint density at radius 1 is 1.40 bits per heavy atom. The van der Waals surface area contributed by atoms with Crippen molar-refractivity contribution in [3.05, 3.63) is 21.4 Å². The molecule has 0 fully saturated rings. The van der Waals surface area contributed by atoms with Gasteiger partial charge < -0.3 is 20.5 Å². The fourth-order valence-electron chi connectivity index (χ4n) is 1.61. The summed E-state index contributed by atoms with van der Waals surface area (Å²) in [5.74, 6) is -0.926. The number of carboxylic acid groups (broad SMARTS) is 1. The van der Waals surface area contributed by atoms with E-state index in [4.69, 9.17) is 9.84 Å². The van der Waals surface area contributed by atoms with Crippen molar-refractivity contribution in [1.82, 2.24) is 10.6 Å². The number of carbonyl (C=O) groups excluding carboxylic acids is 1. The number of nitrogens with one attached hydrogen (secondary N) is 2. The molecule has 1 heterocycles. The van der Waals surface area contributed by atoms with Crippen LogP contribution in [-0.4, -0.2) is 43.8 Å². The van der Waals surface area contributed by atoms with E-state index in [2.05, 4.69) is 10.6 Å². The van der Waals surface area contributed by atoms with Crippen molar-refractivity contribution < 1.29 is 19.4 Å². The number of rotatable bonds is 9. The summed E-state index contributed by atoms with van der Waals surface area (Å²) in [6.45, 7) is 4.04. The minimum Gasteiger partial charge on any atom is -0.477 e. The molecule has 0 bridgehead atoms. The van der Waals surface area contributed by atoms with Crippen LogP contribution in [0.3, 0.4) is 0 Å². The fourth-order valence-corrected chi connectivity index (χ4v) is 2.49. The van der Waals surface area contributed by atoms with E-state index in [-0.39, 0.29) is 5.91 Å². The lowest BCUT2D eigenvalue weighted by atomic mass is 10.2. The molecule has 0 aromatic carbocycles. The quantitative estimate of drug-likeness (QED) is 0.592. The smallest absolute Gasteiger partial charge is 0.345 e. The summed E-state index contributed by atoms with van der Waals surface area (Å²) in [6.07, 6.45) is 0.388. The van der Waals surface area contributed by atoms with E-state index in [1.807, 2.05) is 6.92 Å². The van der Waals surface area contributed by atoms with E-state index in [1.165, 1.54) is 11.3 Å². The van der Waals surface area contributed by atoms with Gasteiger partial charge in [-0.15, -0.1) is 11.3 Å². The third kappa shape index (κ3) is 5.68. The predicted octanol–water partition coefficient (Wildman–Crippen LogP) is 0.997. The van der Waals surface area contributed by atoms with Gasteiger partial charge in [-0.3, -0.25) is 4.79 Å². The maximum atomic E-state index is 11.4. The van der Waals surface area contributed by atoms with E-state index in [0.717, 1.165) is 10.4 Å². The molecule has 1 aromatic rings. The average molecular weight is 300 g/mol. The molecule has 0 atom stereocenters. The number of hydrogen-bond acceptors (Lipinski definition) is 5. The molecule has 1 aromatic heterocycles. The van der Waals surface area contributed by atoms with Crippen molar-refractivity contribution in [2.24, 2.45) is 0 Å². The highest BCUT2D eigenvalue weighted by Crippen LogP contribution is 2.21. The topological polar surface area (TPSA) is 87.7 Å². The second-order valence-corrected chi connectivity index (χ2v) is 5.52. The Bertz CT molecular complexity index is 459. The number of aromatic carboxylic acids is 1. The highest BCUT2D eigenvalue weighted by atomic mass is 32.1. The number of aryl methyl sites for hydroxylation is 1. The zero-order valence-electron chi connectivity index (χ0n) is 11.7. The number of methoxy groups -OCH3 is 1. The zero-order valence-corrected chi connectivity index (χ0v) is 12.5. The van der Waals surface area contributed by atoms with Crippen molar-refractivity contribution in [1.29, 1.82) is 0 Å². The molecule has 0 aliphatic rings. The van der Waals surface area contributed by atoms with Crippen LogP contribution in [0.25, 0.3) is 0 Å². The van der Waals surface area contributed by atoms with Crippen LogP contribution in [0.15, 0.2) is 6.07 Å². The highest BCUT2D eigenvalue weighted by molar-refractivity contribution is 7.14. The van der Waals surface area contributed by atoms with Gasteiger partial charge in [-0.1, -0.05) is 0 Å². The number of carboxylic acids is 1. The van der Waals surface area contributed by atoms with Crippen molar-refractivity contribution in [3.63, 3.8) is 0 Å². The zero-order chi connectivity index (χ0) is 15.0. The van der Waals surface area contributed by atoms with Gasteiger partial charge in [-0.05, 0) is 18.6 Å². The number of hydrogen-bond donors (Lipinski definition) is 3. The van der Waals surface area contributed by atoms with Crippen LogP contribution in [0, 0.1) is 6.92 Å². The van der Waals surface area contributed by atoms with Crippen LogP contribution in [0.2, 0.25) is 0 Å². The third-order valence-electron chi connectivity index (χ3n) is 2.70.